The van der Waals surface area contributed by atoms with E-state index in [-0.39, 0.29) is 25.5 Å². The largest absolute Gasteiger partial charge is 0.444 e. The molecule has 2 aliphatic heterocycles. The molecule has 0 aliphatic carbocycles. The number of amides is 2. The van der Waals surface area contributed by atoms with Crippen LogP contribution in [0.2, 0.25) is 0 Å². The van der Waals surface area contributed by atoms with Gasteiger partial charge >= 0.3 is 12.2 Å². The van der Waals surface area contributed by atoms with E-state index in [0.717, 1.165) is 0 Å². The van der Waals surface area contributed by atoms with Gasteiger partial charge in [0.15, 0.2) is 0 Å². The van der Waals surface area contributed by atoms with Crippen LogP contribution < -0.4 is 0 Å². The van der Waals surface area contributed by atoms with Crippen molar-refractivity contribution in [3.05, 3.63) is 54.0 Å². The number of carbonyl (C=O) groups excluding carboxylic acids is 3. The molecule has 1 unspecified atom stereocenters. The molecule has 1 saturated heterocycles. The van der Waals surface area contributed by atoms with Gasteiger partial charge in [-0.1, -0.05) is 6.07 Å². The van der Waals surface area contributed by atoms with Crippen LogP contribution in [0.25, 0.3) is 22.0 Å². The van der Waals surface area contributed by atoms with E-state index in [1.165, 1.54) is 21.6 Å². The van der Waals surface area contributed by atoms with Gasteiger partial charge in [-0.05, 0) is 89.9 Å². The maximum Gasteiger partial charge on any atom is 0.419 e. The van der Waals surface area contributed by atoms with Gasteiger partial charge in [0, 0.05) is 43.3 Å². The molecule has 1 atom stereocenters. The van der Waals surface area contributed by atoms with Gasteiger partial charge in [-0.25, -0.2) is 14.0 Å². The Kier molecular flexibility index (Phi) is 8.45. The molecule has 0 saturated carbocycles. The number of hydrogen-bond acceptors (Lipinski definition) is 8. The van der Waals surface area contributed by atoms with E-state index in [2.05, 4.69) is 0 Å². The van der Waals surface area contributed by atoms with Crippen LogP contribution >= 0.6 is 10.8 Å². The molecule has 2 N–H and O–H groups in total. The summed E-state index contributed by atoms with van der Waals surface area (Å²) in [5.74, 6) is -0.734. The van der Waals surface area contributed by atoms with Gasteiger partial charge in [0.2, 0.25) is 5.91 Å². The van der Waals surface area contributed by atoms with Crippen molar-refractivity contribution in [2.45, 2.75) is 70.6 Å². The predicted molar refractivity (Wildman–Crippen MR) is 170 cm³/mol. The van der Waals surface area contributed by atoms with Crippen LogP contribution in [0.4, 0.5) is 14.0 Å². The molecule has 2 aliphatic rings. The highest BCUT2D eigenvalue weighted by atomic mass is 32.3. The van der Waals surface area contributed by atoms with E-state index in [1.807, 2.05) is 13.0 Å². The number of piperazine rings is 1. The Morgan fingerprint density at radius 2 is 1.62 bits per heavy atom. The molecule has 3 aromatic rings. The average Bonchev–Trinajstić information content (AvgIpc) is 3.38. The molecule has 2 aromatic carbocycles. The van der Waals surface area contributed by atoms with Crippen molar-refractivity contribution in [1.82, 2.24) is 18.7 Å². The zero-order valence-corrected chi connectivity index (χ0v) is 27.5. The van der Waals surface area contributed by atoms with E-state index >= 15 is 0 Å². The minimum atomic E-state index is -3.35. The minimum absolute atomic E-state index is 0.106. The molecule has 0 radical (unpaired) electrons. The summed E-state index contributed by atoms with van der Waals surface area (Å²) in [6.07, 6.45) is 0.432. The summed E-state index contributed by atoms with van der Waals surface area (Å²) in [5.41, 5.74) is 1.01. The maximum atomic E-state index is 14.3. The molecule has 2 amide bonds. The van der Waals surface area contributed by atoms with Gasteiger partial charge in [-0.15, -0.1) is 10.8 Å². The molecule has 13 heteroatoms. The molecular formula is C32H41FN4O7S. The van der Waals surface area contributed by atoms with Gasteiger partial charge in [0.25, 0.3) is 0 Å². The highest BCUT2D eigenvalue weighted by Gasteiger charge is 2.41. The SMILES string of the molecule is CC1c2cc(-c3cn(C(=O)OC(C)(C)C)c4cc(F)ccc34)ccc2S(O)(O)N1CCN1CCN(C(=O)OC(C)(C)C)CC1=O. The third-order valence-corrected chi connectivity index (χ3v) is 9.86. The predicted octanol–water partition coefficient (Wildman–Crippen LogP) is 6.71. The molecule has 3 heterocycles. The molecule has 11 nitrogen and oxygen atoms in total. The lowest BCUT2D eigenvalue weighted by molar-refractivity contribution is -0.136. The Morgan fingerprint density at radius 1 is 0.956 bits per heavy atom. The monoisotopic (exact) mass is 644 g/mol. The first-order valence-corrected chi connectivity index (χ1v) is 16.3. The van der Waals surface area contributed by atoms with Crippen LogP contribution in [0.1, 0.15) is 60.1 Å². The number of carbonyl (C=O) groups is 3. The van der Waals surface area contributed by atoms with Crippen LogP contribution in [0.3, 0.4) is 0 Å². The summed E-state index contributed by atoms with van der Waals surface area (Å²) in [7, 11) is -3.35. The van der Waals surface area contributed by atoms with Crippen molar-refractivity contribution in [3.8, 4) is 11.1 Å². The summed E-state index contributed by atoms with van der Waals surface area (Å²) in [6, 6.07) is 9.09. The molecular weight excluding hydrogens is 603 g/mol. The van der Waals surface area contributed by atoms with Crippen molar-refractivity contribution in [2.75, 3.05) is 32.7 Å². The number of benzene rings is 2. The second kappa shape index (κ2) is 11.6. The number of halogens is 1. The lowest BCUT2D eigenvalue weighted by atomic mass is 9.99. The highest BCUT2D eigenvalue weighted by molar-refractivity contribution is 8.22. The van der Waals surface area contributed by atoms with Crippen molar-refractivity contribution >= 4 is 39.8 Å². The molecule has 5 rings (SSSR count). The van der Waals surface area contributed by atoms with Gasteiger partial charge < -0.3 is 14.4 Å². The van der Waals surface area contributed by atoms with Gasteiger partial charge in [-0.2, -0.15) is 4.31 Å². The number of ether oxygens (including phenoxy) is 2. The highest BCUT2D eigenvalue weighted by Crippen LogP contribution is 2.63. The number of hydrogen-bond donors (Lipinski definition) is 2. The standard InChI is InChI=1S/C32H41FN4O7S/c1-20-24-16-21(25-18-36(30(40)44-32(5,6)7)26-17-22(33)9-10-23(25)26)8-11-27(24)45(41,42)37(20)15-14-34-12-13-35(19-28(34)38)29(39)43-31(2,3)4/h8-11,16-18,20,41-42H,12-15,19H2,1-7H3. The fourth-order valence-electron chi connectivity index (χ4n) is 5.65. The number of rotatable bonds is 4. The molecule has 1 aromatic heterocycles. The molecule has 45 heavy (non-hydrogen) atoms. The summed E-state index contributed by atoms with van der Waals surface area (Å²) >= 11 is 0. The van der Waals surface area contributed by atoms with Crippen molar-refractivity contribution in [2.24, 2.45) is 0 Å². The second-order valence-corrected chi connectivity index (χ2v) is 15.4. The first kappa shape index (κ1) is 32.7. The van der Waals surface area contributed by atoms with Gasteiger partial charge in [-0.3, -0.25) is 23.4 Å². The van der Waals surface area contributed by atoms with Crippen LogP contribution in [0, 0.1) is 5.82 Å². The topological polar surface area (TPSA) is 125 Å². The quantitative estimate of drug-likeness (QED) is 0.321. The minimum Gasteiger partial charge on any atom is -0.444 e. The van der Waals surface area contributed by atoms with E-state index in [0.29, 0.717) is 45.6 Å². The molecule has 244 valence electrons. The van der Waals surface area contributed by atoms with Crippen LogP contribution in [-0.2, 0) is 14.3 Å². The van der Waals surface area contributed by atoms with Crippen molar-refractivity contribution < 1.29 is 37.4 Å². The lowest BCUT2D eigenvalue weighted by Crippen LogP contribution is -2.54. The smallest absolute Gasteiger partial charge is 0.419 e. The van der Waals surface area contributed by atoms with Crippen LogP contribution in [0.5, 0.6) is 0 Å². The van der Waals surface area contributed by atoms with E-state index in [4.69, 9.17) is 9.47 Å². The maximum absolute atomic E-state index is 14.3. The Balaban J connectivity index is 1.35. The molecule has 0 bridgehead atoms. The number of fused-ring (bicyclic) bond motifs is 2. The summed E-state index contributed by atoms with van der Waals surface area (Å²) in [4.78, 5) is 41.7. The third-order valence-electron chi connectivity index (χ3n) is 7.74. The summed E-state index contributed by atoms with van der Waals surface area (Å²) in [6.45, 7) is 13.4. The van der Waals surface area contributed by atoms with Gasteiger partial charge in [0.1, 0.15) is 23.6 Å². The zero-order valence-electron chi connectivity index (χ0n) is 26.7. The average molecular weight is 645 g/mol. The first-order valence-electron chi connectivity index (χ1n) is 14.8. The van der Waals surface area contributed by atoms with E-state index in [9.17, 15) is 27.9 Å². The fraction of sp³-hybridized carbons (Fsp3) is 0.469. The zero-order chi connectivity index (χ0) is 33.1. The Morgan fingerprint density at radius 3 is 2.27 bits per heavy atom. The summed E-state index contributed by atoms with van der Waals surface area (Å²) < 4.78 is 50.7. The van der Waals surface area contributed by atoms with Crippen LogP contribution in [0.15, 0.2) is 47.5 Å². The van der Waals surface area contributed by atoms with Crippen molar-refractivity contribution in [3.63, 3.8) is 0 Å². The first-order chi connectivity index (χ1) is 20.9. The molecule has 1 fully saturated rings. The second-order valence-electron chi connectivity index (χ2n) is 13.4. The fourth-order valence-corrected chi connectivity index (χ4v) is 7.59. The summed E-state index contributed by atoms with van der Waals surface area (Å²) in [5, 5.41) is 0.639. The normalized spacial score (nSPS) is 19.5. The van der Waals surface area contributed by atoms with E-state index < -0.39 is 46.0 Å². The third kappa shape index (κ3) is 6.67. The Bertz CT molecular complexity index is 1660. The Labute approximate surface area is 264 Å². The number of nitrogens with zero attached hydrogens (tertiary/aromatic N) is 4. The Hall–Kier alpha value is -3.65. The lowest BCUT2D eigenvalue weighted by Gasteiger charge is -2.41. The van der Waals surface area contributed by atoms with Crippen molar-refractivity contribution in [1.29, 1.82) is 0 Å². The van der Waals surface area contributed by atoms with Gasteiger partial charge in [0.05, 0.1) is 16.5 Å². The number of aromatic nitrogens is 1. The molecule has 0 spiro atoms. The van der Waals surface area contributed by atoms with E-state index in [1.54, 1.807) is 75.1 Å². The van der Waals surface area contributed by atoms with Crippen LogP contribution in [-0.4, -0.2) is 89.8 Å².